The fourth-order valence-corrected chi connectivity index (χ4v) is 4.69. The van der Waals surface area contributed by atoms with E-state index in [9.17, 15) is 9.59 Å². The van der Waals surface area contributed by atoms with Crippen molar-refractivity contribution in [1.82, 2.24) is 14.0 Å². The molecule has 1 aromatic heterocycles. The van der Waals surface area contributed by atoms with Gasteiger partial charge in [0.25, 0.3) is 0 Å². The van der Waals surface area contributed by atoms with Crippen molar-refractivity contribution >= 4 is 16.9 Å². The van der Waals surface area contributed by atoms with Crippen LogP contribution in [0.4, 0.5) is 0 Å². The van der Waals surface area contributed by atoms with Gasteiger partial charge in [-0.15, -0.1) is 0 Å². The predicted molar refractivity (Wildman–Crippen MR) is 111 cm³/mol. The number of fused-ring (bicyclic) bond motifs is 1. The first kappa shape index (κ1) is 18.5. The molecule has 146 valence electrons. The van der Waals surface area contributed by atoms with Crippen LogP contribution in [0.25, 0.3) is 11.0 Å². The third-order valence-electron chi connectivity index (χ3n) is 6.10. The first-order valence-electron chi connectivity index (χ1n) is 10.1. The summed E-state index contributed by atoms with van der Waals surface area (Å²) in [5, 5.41) is 0. The van der Waals surface area contributed by atoms with Crippen molar-refractivity contribution in [1.29, 1.82) is 0 Å². The largest absolute Gasteiger partial charge is 0.338 e. The summed E-state index contributed by atoms with van der Waals surface area (Å²) in [6.07, 6.45) is 3.03. The maximum absolute atomic E-state index is 13.2. The smallest absolute Gasteiger partial charge is 0.329 e. The molecule has 1 saturated heterocycles. The number of hydrogen-bond donors (Lipinski definition) is 0. The van der Waals surface area contributed by atoms with Gasteiger partial charge in [0.05, 0.1) is 11.0 Å². The van der Waals surface area contributed by atoms with Gasteiger partial charge in [-0.05, 0) is 37.0 Å². The Bertz CT molecular complexity index is 1030. The maximum atomic E-state index is 13.2. The summed E-state index contributed by atoms with van der Waals surface area (Å²) < 4.78 is 3.22. The Hall–Kier alpha value is -2.82. The van der Waals surface area contributed by atoms with Gasteiger partial charge >= 0.3 is 5.69 Å². The van der Waals surface area contributed by atoms with Gasteiger partial charge in [-0.3, -0.25) is 13.9 Å². The third kappa shape index (κ3) is 3.15. The summed E-state index contributed by atoms with van der Waals surface area (Å²) in [6.45, 7) is 3.06. The average molecular weight is 377 g/mol. The summed E-state index contributed by atoms with van der Waals surface area (Å²) in [5.41, 5.74) is 2.82. The van der Waals surface area contributed by atoms with E-state index < -0.39 is 0 Å². The van der Waals surface area contributed by atoms with Crippen molar-refractivity contribution in [3.05, 3.63) is 70.6 Å². The molecule has 5 heteroatoms. The quantitative estimate of drug-likeness (QED) is 0.683. The van der Waals surface area contributed by atoms with Crippen LogP contribution in [0, 0.1) is 0 Å². The van der Waals surface area contributed by atoms with E-state index in [1.54, 1.807) is 16.2 Å². The maximum Gasteiger partial charge on any atom is 0.329 e. The number of amides is 1. The number of aromatic nitrogens is 2. The number of likely N-dealkylation sites (tertiary alicyclic amines) is 1. The van der Waals surface area contributed by atoms with E-state index in [0.717, 1.165) is 36.8 Å². The lowest BCUT2D eigenvalue weighted by Crippen LogP contribution is -2.42. The molecular formula is C23H27N3O2. The van der Waals surface area contributed by atoms with E-state index in [1.165, 1.54) is 5.56 Å². The lowest BCUT2D eigenvalue weighted by Gasteiger charge is -2.31. The van der Waals surface area contributed by atoms with Crippen LogP contribution < -0.4 is 5.69 Å². The number of aryl methyl sites for hydroxylation is 1. The van der Waals surface area contributed by atoms with Crippen LogP contribution >= 0.6 is 0 Å². The van der Waals surface area contributed by atoms with E-state index in [4.69, 9.17) is 0 Å². The topological polar surface area (TPSA) is 47.2 Å². The Morgan fingerprint density at radius 2 is 1.75 bits per heavy atom. The second-order valence-corrected chi connectivity index (χ2v) is 7.64. The Balaban J connectivity index is 1.61. The molecule has 5 nitrogen and oxygen atoms in total. The van der Waals surface area contributed by atoms with Gasteiger partial charge in [-0.1, -0.05) is 49.4 Å². The standard InChI is InChI=1S/C23H27N3O2/c1-3-18(17-10-5-4-6-11-17)19-14-9-15-25(19)22(27)16-26-21-13-8-7-12-20(21)24(2)23(26)28/h4-8,10-13,18-19H,3,9,14-16H2,1-2H3/t18-,19+/m0/s1. The van der Waals surface area contributed by atoms with Gasteiger partial charge < -0.3 is 4.90 Å². The summed E-state index contributed by atoms with van der Waals surface area (Å²) in [6, 6.07) is 18.3. The fourth-order valence-electron chi connectivity index (χ4n) is 4.69. The van der Waals surface area contributed by atoms with Crippen molar-refractivity contribution in [3.63, 3.8) is 0 Å². The van der Waals surface area contributed by atoms with Crippen molar-refractivity contribution in [2.75, 3.05) is 6.54 Å². The zero-order valence-electron chi connectivity index (χ0n) is 16.5. The van der Waals surface area contributed by atoms with Gasteiger partial charge in [-0.2, -0.15) is 0 Å². The molecule has 2 heterocycles. The Morgan fingerprint density at radius 1 is 1.07 bits per heavy atom. The fraction of sp³-hybridized carbons (Fsp3) is 0.391. The Morgan fingerprint density at radius 3 is 2.46 bits per heavy atom. The van der Waals surface area contributed by atoms with Crippen LogP contribution in [-0.4, -0.2) is 32.5 Å². The highest BCUT2D eigenvalue weighted by Gasteiger charge is 2.34. The molecule has 0 aliphatic carbocycles. The number of nitrogens with zero attached hydrogens (tertiary/aromatic N) is 3. The summed E-state index contributed by atoms with van der Waals surface area (Å²) in [7, 11) is 1.76. The molecule has 0 saturated carbocycles. The van der Waals surface area contributed by atoms with E-state index in [1.807, 2.05) is 35.2 Å². The molecule has 0 spiro atoms. The van der Waals surface area contributed by atoms with Crippen LogP contribution in [0.2, 0.25) is 0 Å². The molecule has 1 amide bonds. The minimum atomic E-state index is -0.139. The number of rotatable bonds is 5. The third-order valence-corrected chi connectivity index (χ3v) is 6.10. The van der Waals surface area contributed by atoms with Crippen LogP contribution in [0.5, 0.6) is 0 Å². The molecule has 3 aromatic rings. The molecule has 1 aliphatic rings. The van der Waals surface area contributed by atoms with Gasteiger partial charge in [-0.25, -0.2) is 4.79 Å². The summed E-state index contributed by atoms with van der Waals surface area (Å²) in [4.78, 5) is 27.9. The number of para-hydroxylation sites is 2. The second-order valence-electron chi connectivity index (χ2n) is 7.64. The molecule has 0 unspecified atom stereocenters. The highest BCUT2D eigenvalue weighted by Crippen LogP contribution is 2.33. The van der Waals surface area contributed by atoms with E-state index in [0.29, 0.717) is 5.92 Å². The predicted octanol–water partition coefficient (Wildman–Crippen LogP) is 3.52. The molecule has 0 bridgehead atoms. The summed E-state index contributed by atoms with van der Waals surface area (Å²) >= 11 is 0. The second kappa shape index (κ2) is 7.66. The number of hydrogen-bond acceptors (Lipinski definition) is 2. The van der Waals surface area contributed by atoms with Crippen LogP contribution in [-0.2, 0) is 18.4 Å². The number of carbonyl (C=O) groups excluding carboxylic acids is 1. The highest BCUT2D eigenvalue weighted by atomic mass is 16.2. The van der Waals surface area contributed by atoms with E-state index in [-0.39, 0.29) is 24.2 Å². The SMILES string of the molecule is CC[C@@H](c1ccccc1)[C@H]1CCCN1C(=O)Cn1c(=O)n(C)c2ccccc21. The summed E-state index contributed by atoms with van der Waals surface area (Å²) in [5.74, 6) is 0.368. The minimum absolute atomic E-state index is 0.0373. The first-order valence-corrected chi connectivity index (χ1v) is 10.1. The zero-order valence-corrected chi connectivity index (χ0v) is 16.5. The minimum Gasteiger partial charge on any atom is -0.338 e. The molecule has 2 aromatic carbocycles. The van der Waals surface area contributed by atoms with Crippen molar-refractivity contribution in [2.45, 2.75) is 44.7 Å². The monoisotopic (exact) mass is 377 g/mol. The highest BCUT2D eigenvalue weighted by molar-refractivity contribution is 5.81. The van der Waals surface area contributed by atoms with Gasteiger partial charge in [0, 0.05) is 25.6 Å². The lowest BCUT2D eigenvalue weighted by atomic mass is 9.87. The number of imidazole rings is 1. The van der Waals surface area contributed by atoms with Gasteiger partial charge in [0.1, 0.15) is 6.54 Å². The normalized spacial score (nSPS) is 17.9. The molecule has 1 fully saturated rings. The average Bonchev–Trinajstić information content (AvgIpc) is 3.29. The number of benzene rings is 2. The van der Waals surface area contributed by atoms with Gasteiger partial charge in [0.2, 0.25) is 5.91 Å². The first-order chi connectivity index (χ1) is 13.6. The Kier molecular flexibility index (Phi) is 5.07. The van der Waals surface area contributed by atoms with Crippen LogP contribution in [0.1, 0.15) is 37.7 Å². The molecule has 0 N–H and O–H groups in total. The Labute approximate surface area is 165 Å². The molecule has 4 rings (SSSR count). The molecule has 2 atom stereocenters. The van der Waals surface area contributed by atoms with Gasteiger partial charge in [0.15, 0.2) is 0 Å². The molecule has 28 heavy (non-hydrogen) atoms. The van der Waals surface area contributed by atoms with Crippen molar-refractivity contribution in [3.8, 4) is 0 Å². The van der Waals surface area contributed by atoms with Crippen LogP contribution in [0.15, 0.2) is 59.4 Å². The van der Waals surface area contributed by atoms with Crippen LogP contribution in [0.3, 0.4) is 0 Å². The lowest BCUT2D eigenvalue weighted by molar-refractivity contribution is -0.133. The molecule has 0 radical (unpaired) electrons. The number of carbonyl (C=O) groups is 1. The van der Waals surface area contributed by atoms with Crippen molar-refractivity contribution in [2.24, 2.45) is 7.05 Å². The molecule has 1 aliphatic heterocycles. The van der Waals surface area contributed by atoms with E-state index >= 15 is 0 Å². The zero-order chi connectivity index (χ0) is 19.7. The molecular weight excluding hydrogens is 350 g/mol. The van der Waals surface area contributed by atoms with E-state index in [2.05, 4.69) is 31.2 Å². The van der Waals surface area contributed by atoms with Crippen molar-refractivity contribution < 1.29 is 4.79 Å².